The number of likely N-dealkylation sites (N-methyl/N-ethyl adjacent to an activating group) is 1. The van der Waals surface area contributed by atoms with Gasteiger partial charge in [0.15, 0.2) is 0 Å². The second-order valence-corrected chi connectivity index (χ2v) is 3.17. The first-order valence-corrected chi connectivity index (χ1v) is 4.51. The van der Waals surface area contributed by atoms with Gasteiger partial charge < -0.3 is 10.4 Å². The van der Waals surface area contributed by atoms with Gasteiger partial charge in [0.25, 0.3) is 0 Å². The van der Waals surface area contributed by atoms with Crippen molar-refractivity contribution in [3.63, 3.8) is 0 Å². The smallest absolute Gasteiger partial charge is 0.0704 e. The molecule has 0 bridgehead atoms. The Morgan fingerprint density at radius 2 is 2.42 bits per heavy atom. The number of allylic oxidation sites excluding steroid dienone is 3. The quantitative estimate of drug-likeness (QED) is 0.660. The van der Waals surface area contributed by atoms with Crippen LogP contribution in [0.5, 0.6) is 0 Å². The predicted octanol–water partition coefficient (Wildman–Crippen LogP) is 1.23. The van der Waals surface area contributed by atoms with Gasteiger partial charge in [-0.1, -0.05) is 18.2 Å². The highest BCUT2D eigenvalue weighted by molar-refractivity contribution is 5.22. The minimum atomic E-state index is -0.246. The molecule has 0 fully saturated rings. The summed E-state index contributed by atoms with van der Waals surface area (Å²) in [7, 11) is 1.86. The van der Waals surface area contributed by atoms with Crippen LogP contribution in [0.3, 0.4) is 0 Å². The normalized spacial score (nSPS) is 19.0. The van der Waals surface area contributed by atoms with Gasteiger partial charge in [0.05, 0.1) is 6.10 Å². The highest BCUT2D eigenvalue weighted by atomic mass is 16.3. The second kappa shape index (κ2) is 5.12. The van der Waals surface area contributed by atoms with Crippen LogP contribution in [0.25, 0.3) is 0 Å². The SMILES string of the molecule is CNCC(O)CC1=CCCC=C1. The van der Waals surface area contributed by atoms with Crippen molar-refractivity contribution in [3.05, 3.63) is 23.8 Å². The molecule has 0 aliphatic heterocycles. The number of nitrogens with one attached hydrogen (secondary N) is 1. The summed E-state index contributed by atoms with van der Waals surface area (Å²) in [6.07, 6.45) is 9.29. The van der Waals surface area contributed by atoms with Gasteiger partial charge in [0.2, 0.25) is 0 Å². The maximum absolute atomic E-state index is 9.46. The third-order valence-corrected chi connectivity index (χ3v) is 1.98. The Hall–Kier alpha value is -0.600. The molecule has 1 aliphatic carbocycles. The molecule has 0 aromatic rings. The Morgan fingerprint density at radius 3 is 3.00 bits per heavy atom. The molecule has 2 N–H and O–H groups in total. The van der Waals surface area contributed by atoms with Crippen LogP contribution in [0.1, 0.15) is 19.3 Å². The zero-order valence-corrected chi connectivity index (χ0v) is 7.59. The fourth-order valence-electron chi connectivity index (χ4n) is 1.40. The molecule has 1 aliphatic rings. The molecule has 0 radical (unpaired) electrons. The van der Waals surface area contributed by atoms with E-state index >= 15 is 0 Å². The lowest BCUT2D eigenvalue weighted by Crippen LogP contribution is -2.23. The van der Waals surface area contributed by atoms with Crippen molar-refractivity contribution in [1.29, 1.82) is 0 Å². The summed E-state index contributed by atoms with van der Waals surface area (Å²) in [6.45, 7) is 0.672. The molecule has 0 heterocycles. The van der Waals surface area contributed by atoms with Crippen molar-refractivity contribution in [2.24, 2.45) is 0 Å². The number of hydrogen-bond acceptors (Lipinski definition) is 2. The summed E-state index contributed by atoms with van der Waals surface area (Å²) in [5.74, 6) is 0. The molecule has 0 saturated heterocycles. The fraction of sp³-hybridized carbons (Fsp3) is 0.600. The van der Waals surface area contributed by atoms with Crippen molar-refractivity contribution in [1.82, 2.24) is 5.32 Å². The van der Waals surface area contributed by atoms with Crippen LogP contribution in [0.2, 0.25) is 0 Å². The van der Waals surface area contributed by atoms with E-state index in [4.69, 9.17) is 0 Å². The Balaban J connectivity index is 2.29. The van der Waals surface area contributed by atoms with Crippen molar-refractivity contribution in [2.75, 3.05) is 13.6 Å². The van der Waals surface area contributed by atoms with E-state index < -0.39 is 0 Å². The average molecular weight is 167 g/mol. The van der Waals surface area contributed by atoms with E-state index in [0.717, 1.165) is 19.3 Å². The summed E-state index contributed by atoms with van der Waals surface area (Å²) in [5.41, 5.74) is 1.27. The summed E-state index contributed by atoms with van der Waals surface area (Å²) < 4.78 is 0. The first kappa shape index (κ1) is 9.49. The lowest BCUT2D eigenvalue weighted by molar-refractivity contribution is 0.175. The zero-order valence-electron chi connectivity index (χ0n) is 7.59. The number of aliphatic hydroxyl groups is 1. The Bertz CT molecular complexity index is 184. The Labute approximate surface area is 74.0 Å². The van der Waals surface area contributed by atoms with Crippen LogP contribution in [-0.2, 0) is 0 Å². The van der Waals surface area contributed by atoms with Gasteiger partial charge in [-0.2, -0.15) is 0 Å². The molecule has 1 atom stereocenters. The molecule has 0 aromatic carbocycles. The van der Waals surface area contributed by atoms with Crippen LogP contribution in [0.4, 0.5) is 0 Å². The van der Waals surface area contributed by atoms with E-state index in [1.165, 1.54) is 5.57 Å². The standard InChI is InChI=1S/C10H17NO/c1-11-8-10(12)7-9-5-3-2-4-6-9/h3,5-6,10-12H,2,4,7-8H2,1H3. The van der Waals surface area contributed by atoms with Gasteiger partial charge in [0, 0.05) is 6.54 Å². The first-order chi connectivity index (χ1) is 5.83. The van der Waals surface area contributed by atoms with Crippen LogP contribution in [0.15, 0.2) is 23.8 Å². The van der Waals surface area contributed by atoms with Crippen molar-refractivity contribution < 1.29 is 5.11 Å². The lowest BCUT2D eigenvalue weighted by atomic mass is 10.0. The topological polar surface area (TPSA) is 32.3 Å². The molecule has 12 heavy (non-hydrogen) atoms. The van der Waals surface area contributed by atoms with Crippen LogP contribution < -0.4 is 5.32 Å². The highest BCUT2D eigenvalue weighted by Gasteiger charge is 2.05. The molecule has 2 nitrogen and oxygen atoms in total. The first-order valence-electron chi connectivity index (χ1n) is 4.51. The van der Waals surface area contributed by atoms with E-state index in [9.17, 15) is 5.11 Å². The maximum Gasteiger partial charge on any atom is 0.0704 e. The number of rotatable bonds is 4. The van der Waals surface area contributed by atoms with Crippen LogP contribution >= 0.6 is 0 Å². The highest BCUT2D eigenvalue weighted by Crippen LogP contribution is 2.14. The van der Waals surface area contributed by atoms with Crippen molar-refractivity contribution in [3.8, 4) is 0 Å². The van der Waals surface area contributed by atoms with Crippen molar-refractivity contribution in [2.45, 2.75) is 25.4 Å². The van der Waals surface area contributed by atoms with Gasteiger partial charge in [0.1, 0.15) is 0 Å². The van der Waals surface area contributed by atoms with Gasteiger partial charge >= 0.3 is 0 Å². The molecule has 2 heteroatoms. The number of hydrogen-bond donors (Lipinski definition) is 2. The second-order valence-electron chi connectivity index (χ2n) is 3.17. The summed E-state index contributed by atoms with van der Waals surface area (Å²) >= 11 is 0. The molecule has 1 rings (SSSR count). The van der Waals surface area contributed by atoms with E-state index in [1.807, 2.05) is 7.05 Å². The molecule has 0 amide bonds. The largest absolute Gasteiger partial charge is 0.391 e. The Morgan fingerprint density at radius 1 is 1.58 bits per heavy atom. The average Bonchev–Trinajstić information content (AvgIpc) is 2.06. The Kier molecular flexibility index (Phi) is 4.05. The third-order valence-electron chi connectivity index (χ3n) is 1.98. The number of aliphatic hydroxyl groups excluding tert-OH is 1. The van der Waals surface area contributed by atoms with Crippen LogP contribution in [-0.4, -0.2) is 24.8 Å². The molecule has 0 saturated carbocycles. The molecule has 1 unspecified atom stereocenters. The summed E-state index contributed by atoms with van der Waals surface area (Å²) in [5, 5.41) is 12.4. The predicted molar refractivity (Wildman–Crippen MR) is 51.0 cm³/mol. The molecule has 68 valence electrons. The van der Waals surface area contributed by atoms with E-state index in [0.29, 0.717) is 6.54 Å². The van der Waals surface area contributed by atoms with Gasteiger partial charge in [-0.15, -0.1) is 0 Å². The minimum absolute atomic E-state index is 0.246. The molecule has 0 aromatic heterocycles. The van der Waals surface area contributed by atoms with E-state index in [1.54, 1.807) is 0 Å². The van der Waals surface area contributed by atoms with E-state index in [-0.39, 0.29) is 6.10 Å². The van der Waals surface area contributed by atoms with Gasteiger partial charge in [-0.05, 0) is 31.9 Å². The van der Waals surface area contributed by atoms with Crippen LogP contribution in [0, 0.1) is 0 Å². The zero-order chi connectivity index (χ0) is 8.81. The summed E-state index contributed by atoms with van der Waals surface area (Å²) in [4.78, 5) is 0. The fourth-order valence-corrected chi connectivity index (χ4v) is 1.40. The van der Waals surface area contributed by atoms with Gasteiger partial charge in [-0.25, -0.2) is 0 Å². The van der Waals surface area contributed by atoms with Crippen molar-refractivity contribution >= 4 is 0 Å². The lowest BCUT2D eigenvalue weighted by Gasteiger charge is -2.12. The molecular weight excluding hydrogens is 150 g/mol. The molecular formula is C10H17NO. The third kappa shape index (κ3) is 3.20. The maximum atomic E-state index is 9.46. The van der Waals surface area contributed by atoms with E-state index in [2.05, 4.69) is 23.5 Å². The summed E-state index contributed by atoms with van der Waals surface area (Å²) in [6, 6.07) is 0. The minimum Gasteiger partial charge on any atom is -0.391 e. The monoisotopic (exact) mass is 167 g/mol. The molecule has 0 spiro atoms. The van der Waals surface area contributed by atoms with Gasteiger partial charge in [-0.3, -0.25) is 0 Å².